The van der Waals surface area contributed by atoms with E-state index in [0.717, 1.165) is 5.69 Å². The maximum atomic E-state index is 12.1. The normalized spacial score (nSPS) is 10.5. The fraction of sp³-hybridized carbons (Fsp3) is 0.286. The summed E-state index contributed by atoms with van der Waals surface area (Å²) in [4.78, 5) is 8.32. The number of hydrogen-bond acceptors (Lipinski definition) is 5. The van der Waals surface area contributed by atoms with Crippen molar-refractivity contribution in [3.05, 3.63) is 42.1 Å². The van der Waals surface area contributed by atoms with Crippen LogP contribution < -0.4 is 14.8 Å². The quantitative estimate of drug-likeness (QED) is 0.851. The van der Waals surface area contributed by atoms with Crippen LogP contribution in [0.1, 0.15) is 5.69 Å². The van der Waals surface area contributed by atoms with E-state index in [1.165, 1.54) is 6.07 Å². The second kappa shape index (κ2) is 7.37. The molecule has 0 aliphatic rings. The van der Waals surface area contributed by atoms with E-state index in [-0.39, 0.29) is 5.88 Å². The van der Waals surface area contributed by atoms with Gasteiger partial charge in [-0.25, -0.2) is 13.8 Å². The second-order valence-electron chi connectivity index (χ2n) is 4.09. The molecule has 21 heavy (non-hydrogen) atoms. The molecule has 2 aromatic rings. The van der Waals surface area contributed by atoms with Crippen molar-refractivity contribution in [3.8, 4) is 11.8 Å². The van der Waals surface area contributed by atoms with Gasteiger partial charge in [-0.2, -0.15) is 4.98 Å². The Morgan fingerprint density at radius 3 is 2.62 bits per heavy atom. The summed E-state index contributed by atoms with van der Waals surface area (Å²) in [7, 11) is 1.55. The van der Waals surface area contributed by atoms with E-state index in [4.69, 9.17) is 9.47 Å². The maximum Gasteiger partial charge on any atom is 0.272 e. The lowest BCUT2D eigenvalue weighted by Crippen LogP contribution is -2.09. The SMILES string of the molecule is COc1cccc(CNc2cccc(OCC(F)F)n2)n1. The Morgan fingerprint density at radius 1 is 1.10 bits per heavy atom. The highest BCUT2D eigenvalue weighted by Gasteiger charge is 2.05. The van der Waals surface area contributed by atoms with Crippen molar-refractivity contribution in [2.45, 2.75) is 13.0 Å². The standard InChI is InChI=1S/C14H15F2N3O2/c1-20-13-6-2-4-10(18-13)8-17-12-5-3-7-14(19-12)21-9-11(15)16/h2-7,11H,8-9H2,1H3,(H,17,19). The molecule has 0 fully saturated rings. The van der Waals surface area contributed by atoms with E-state index < -0.39 is 13.0 Å². The van der Waals surface area contributed by atoms with Gasteiger partial charge in [0.05, 0.1) is 19.3 Å². The maximum absolute atomic E-state index is 12.1. The molecule has 0 aromatic carbocycles. The predicted molar refractivity (Wildman–Crippen MR) is 73.9 cm³/mol. The summed E-state index contributed by atoms with van der Waals surface area (Å²) < 4.78 is 34.0. The van der Waals surface area contributed by atoms with Gasteiger partial charge in [0.25, 0.3) is 6.43 Å². The number of alkyl halides is 2. The van der Waals surface area contributed by atoms with Crippen molar-refractivity contribution in [1.29, 1.82) is 0 Å². The van der Waals surface area contributed by atoms with Gasteiger partial charge in [-0.1, -0.05) is 12.1 Å². The average molecular weight is 295 g/mol. The Labute approximate surface area is 120 Å². The lowest BCUT2D eigenvalue weighted by atomic mass is 10.3. The van der Waals surface area contributed by atoms with Crippen molar-refractivity contribution in [3.63, 3.8) is 0 Å². The smallest absolute Gasteiger partial charge is 0.272 e. The zero-order valence-electron chi connectivity index (χ0n) is 11.4. The van der Waals surface area contributed by atoms with Crippen LogP contribution in [0.3, 0.4) is 0 Å². The van der Waals surface area contributed by atoms with Gasteiger partial charge in [-0.05, 0) is 12.1 Å². The Kier molecular flexibility index (Phi) is 5.25. The van der Waals surface area contributed by atoms with Gasteiger partial charge in [0.1, 0.15) is 5.82 Å². The molecule has 0 spiro atoms. The summed E-state index contributed by atoms with van der Waals surface area (Å²) in [6, 6.07) is 10.3. The molecule has 0 bridgehead atoms. The molecule has 5 nitrogen and oxygen atoms in total. The molecule has 0 radical (unpaired) electrons. The van der Waals surface area contributed by atoms with Crippen LogP contribution >= 0.6 is 0 Å². The molecule has 0 amide bonds. The molecule has 112 valence electrons. The summed E-state index contributed by atoms with van der Waals surface area (Å²) in [5.74, 6) is 1.20. The molecule has 0 saturated heterocycles. The number of ether oxygens (including phenoxy) is 2. The number of anilines is 1. The number of methoxy groups -OCH3 is 1. The Bertz CT molecular complexity index is 582. The topological polar surface area (TPSA) is 56.3 Å². The molecular formula is C14H15F2N3O2. The van der Waals surface area contributed by atoms with Gasteiger partial charge in [0, 0.05) is 12.1 Å². The first-order valence-electron chi connectivity index (χ1n) is 6.29. The Morgan fingerprint density at radius 2 is 1.86 bits per heavy atom. The van der Waals surface area contributed by atoms with E-state index in [1.54, 1.807) is 25.3 Å². The van der Waals surface area contributed by atoms with Crippen molar-refractivity contribution < 1.29 is 18.3 Å². The van der Waals surface area contributed by atoms with E-state index in [0.29, 0.717) is 18.2 Å². The first-order valence-corrected chi connectivity index (χ1v) is 6.29. The highest BCUT2D eigenvalue weighted by molar-refractivity contribution is 5.37. The van der Waals surface area contributed by atoms with Crippen molar-refractivity contribution in [1.82, 2.24) is 9.97 Å². The fourth-order valence-corrected chi connectivity index (χ4v) is 1.59. The number of hydrogen-bond donors (Lipinski definition) is 1. The van der Waals surface area contributed by atoms with Gasteiger partial charge in [-0.3, -0.25) is 0 Å². The van der Waals surface area contributed by atoms with Crippen LogP contribution in [0.5, 0.6) is 11.8 Å². The summed E-state index contributed by atoms with van der Waals surface area (Å²) in [6.07, 6.45) is -2.52. The first kappa shape index (κ1) is 15.0. The predicted octanol–water partition coefficient (Wildman–Crippen LogP) is 2.74. The highest BCUT2D eigenvalue weighted by Crippen LogP contribution is 2.14. The van der Waals surface area contributed by atoms with Crippen LogP contribution in [-0.4, -0.2) is 30.1 Å². The Balaban J connectivity index is 1.94. The number of pyridine rings is 2. The minimum absolute atomic E-state index is 0.152. The molecule has 0 unspecified atom stereocenters. The van der Waals surface area contributed by atoms with E-state index in [9.17, 15) is 8.78 Å². The number of nitrogens with one attached hydrogen (secondary N) is 1. The van der Waals surface area contributed by atoms with E-state index in [1.807, 2.05) is 12.1 Å². The number of rotatable bonds is 7. The minimum atomic E-state index is -2.52. The number of nitrogens with zero attached hydrogens (tertiary/aromatic N) is 2. The number of aromatic nitrogens is 2. The van der Waals surface area contributed by atoms with Crippen molar-refractivity contribution >= 4 is 5.82 Å². The zero-order valence-corrected chi connectivity index (χ0v) is 11.4. The molecule has 0 aliphatic carbocycles. The van der Waals surface area contributed by atoms with Gasteiger partial charge in [-0.15, -0.1) is 0 Å². The molecule has 2 heterocycles. The second-order valence-corrected chi connectivity index (χ2v) is 4.09. The summed E-state index contributed by atoms with van der Waals surface area (Å²) in [5.41, 5.74) is 0.773. The van der Waals surface area contributed by atoms with E-state index >= 15 is 0 Å². The van der Waals surface area contributed by atoms with Crippen LogP contribution in [0.15, 0.2) is 36.4 Å². The lowest BCUT2D eigenvalue weighted by Gasteiger charge is -2.08. The molecule has 1 N–H and O–H groups in total. The first-order chi connectivity index (χ1) is 10.2. The largest absolute Gasteiger partial charge is 0.481 e. The van der Waals surface area contributed by atoms with Crippen LogP contribution in [0.2, 0.25) is 0 Å². The van der Waals surface area contributed by atoms with Crippen molar-refractivity contribution in [2.75, 3.05) is 19.0 Å². The van der Waals surface area contributed by atoms with Gasteiger partial charge in [0.15, 0.2) is 6.61 Å². The average Bonchev–Trinajstić information content (AvgIpc) is 2.51. The lowest BCUT2D eigenvalue weighted by molar-refractivity contribution is 0.0796. The summed E-state index contributed by atoms with van der Waals surface area (Å²) >= 11 is 0. The summed E-state index contributed by atoms with van der Waals surface area (Å²) in [6.45, 7) is -0.240. The molecule has 2 aromatic heterocycles. The molecule has 0 aliphatic heterocycles. The third kappa shape index (κ3) is 4.87. The van der Waals surface area contributed by atoms with Gasteiger partial charge >= 0.3 is 0 Å². The Hall–Kier alpha value is -2.44. The van der Waals surface area contributed by atoms with Crippen LogP contribution in [-0.2, 0) is 6.54 Å². The zero-order chi connectivity index (χ0) is 15.1. The van der Waals surface area contributed by atoms with Crippen LogP contribution in [0, 0.1) is 0 Å². The van der Waals surface area contributed by atoms with E-state index in [2.05, 4.69) is 15.3 Å². The summed E-state index contributed by atoms with van der Waals surface area (Å²) in [5, 5.41) is 3.04. The minimum Gasteiger partial charge on any atom is -0.481 e. The van der Waals surface area contributed by atoms with Gasteiger partial charge in [0.2, 0.25) is 11.8 Å². The van der Waals surface area contributed by atoms with Gasteiger partial charge < -0.3 is 14.8 Å². The van der Waals surface area contributed by atoms with Crippen LogP contribution in [0.4, 0.5) is 14.6 Å². The van der Waals surface area contributed by atoms with Crippen molar-refractivity contribution in [2.24, 2.45) is 0 Å². The highest BCUT2D eigenvalue weighted by atomic mass is 19.3. The van der Waals surface area contributed by atoms with Crippen LogP contribution in [0.25, 0.3) is 0 Å². The third-order valence-electron chi connectivity index (χ3n) is 2.52. The molecule has 0 atom stereocenters. The number of halogens is 2. The fourth-order valence-electron chi connectivity index (χ4n) is 1.59. The molecule has 7 heteroatoms. The molecular weight excluding hydrogens is 280 g/mol. The monoisotopic (exact) mass is 295 g/mol. The third-order valence-corrected chi connectivity index (χ3v) is 2.52. The molecule has 2 rings (SSSR count). The molecule has 0 saturated carbocycles.